The number of aliphatic hydroxyl groups excluding tert-OH is 1. The second-order valence-corrected chi connectivity index (χ2v) is 8.66. The molecule has 2 atom stereocenters. The monoisotopic (exact) mass is 488 g/mol. The van der Waals surface area contributed by atoms with Gasteiger partial charge >= 0.3 is 6.18 Å². The van der Waals surface area contributed by atoms with E-state index in [1.807, 2.05) is 0 Å². The molecule has 12 heteroatoms. The standard InChI is InChI=1S/C21H24ClF3N4O4/c1-20(21(23,24)25)12-28-18(31)10-17(27-5-7-33-8-6-27)26-19(28)29(20)11-15(30)14-4-3-13(22)9-16(14)32-2/h3-4,9-10,15,30H,5-8,11-12H2,1-2H3. The summed E-state index contributed by atoms with van der Waals surface area (Å²) in [6.45, 7) is 1.70. The van der Waals surface area contributed by atoms with Crippen LogP contribution in [0.1, 0.15) is 18.6 Å². The van der Waals surface area contributed by atoms with Gasteiger partial charge in [-0.1, -0.05) is 17.7 Å². The molecule has 8 nitrogen and oxygen atoms in total. The summed E-state index contributed by atoms with van der Waals surface area (Å²) in [7, 11) is 1.38. The maximum atomic E-state index is 14.3. The number of benzene rings is 1. The molecule has 0 aliphatic carbocycles. The molecule has 2 aromatic rings. The van der Waals surface area contributed by atoms with Gasteiger partial charge in [-0.2, -0.15) is 18.2 Å². The van der Waals surface area contributed by atoms with E-state index in [4.69, 9.17) is 21.1 Å². The first-order valence-corrected chi connectivity index (χ1v) is 10.7. The third-order valence-electron chi connectivity index (χ3n) is 6.13. The average Bonchev–Trinajstić information content (AvgIpc) is 3.07. The number of alkyl halides is 3. The number of fused-ring (bicyclic) bond motifs is 1. The maximum absolute atomic E-state index is 14.3. The average molecular weight is 489 g/mol. The van der Waals surface area contributed by atoms with Crippen molar-refractivity contribution in [3.63, 3.8) is 0 Å². The highest BCUT2D eigenvalue weighted by atomic mass is 35.5. The Morgan fingerprint density at radius 1 is 1.30 bits per heavy atom. The number of ether oxygens (including phenoxy) is 2. The van der Waals surface area contributed by atoms with E-state index in [1.54, 1.807) is 4.90 Å². The van der Waals surface area contributed by atoms with Crippen molar-refractivity contribution in [3.05, 3.63) is 45.2 Å². The third kappa shape index (κ3) is 4.24. The van der Waals surface area contributed by atoms with Crippen LogP contribution in [0.15, 0.2) is 29.1 Å². The van der Waals surface area contributed by atoms with Crippen molar-refractivity contribution < 1.29 is 27.8 Å². The lowest BCUT2D eigenvalue weighted by Crippen LogP contribution is -2.57. The van der Waals surface area contributed by atoms with E-state index in [2.05, 4.69) is 4.98 Å². The summed E-state index contributed by atoms with van der Waals surface area (Å²) in [4.78, 5) is 20.0. The molecule has 0 amide bonds. The van der Waals surface area contributed by atoms with Gasteiger partial charge in [-0.05, 0) is 19.1 Å². The van der Waals surface area contributed by atoms with Crippen LogP contribution in [0.5, 0.6) is 5.75 Å². The van der Waals surface area contributed by atoms with Crippen molar-refractivity contribution in [1.82, 2.24) is 9.55 Å². The molecule has 0 spiro atoms. The Hall–Kier alpha value is -2.50. The fourth-order valence-corrected chi connectivity index (χ4v) is 4.32. The number of anilines is 2. The first-order valence-electron chi connectivity index (χ1n) is 10.4. The highest BCUT2D eigenvalue weighted by molar-refractivity contribution is 6.30. The number of aliphatic hydroxyl groups is 1. The molecule has 3 heterocycles. The van der Waals surface area contributed by atoms with Crippen LogP contribution in [0.25, 0.3) is 0 Å². The van der Waals surface area contributed by atoms with E-state index >= 15 is 0 Å². The summed E-state index contributed by atoms with van der Waals surface area (Å²) in [5.74, 6) is 0.385. The van der Waals surface area contributed by atoms with Gasteiger partial charge in [0.1, 0.15) is 17.7 Å². The van der Waals surface area contributed by atoms with Crippen LogP contribution in [-0.4, -0.2) is 66.3 Å². The molecule has 0 saturated carbocycles. The fourth-order valence-electron chi connectivity index (χ4n) is 4.16. The van der Waals surface area contributed by atoms with Gasteiger partial charge in [0.25, 0.3) is 5.56 Å². The number of methoxy groups -OCH3 is 1. The highest BCUT2D eigenvalue weighted by Gasteiger charge is 2.60. The predicted octanol–water partition coefficient (Wildman–Crippen LogP) is 2.62. The fraction of sp³-hybridized carbons (Fsp3) is 0.524. The molecule has 1 N–H and O–H groups in total. The van der Waals surface area contributed by atoms with E-state index in [0.717, 1.165) is 16.4 Å². The van der Waals surface area contributed by atoms with E-state index in [1.165, 1.54) is 31.4 Å². The molecule has 180 valence electrons. The predicted molar refractivity (Wildman–Crippen MR) is 116 cm³/mol. The quantitative estimate of drug-likeness (QED) is 0.693. The molecule has 1 aromatic heterocycles. The molecule has 33 heavy (non-hydrogen) atoms. The first kappa shape index (κ1) is 23.7. The number of halogens is 4. The molecule has 2 aliphatic rings. The summed E-state index contributed by atoms with van der Waals surface area (Å²) in [6.07, 6.45) is -6.06. The minimum Gasteiger partial charge on any atom is -0.496 e. The van der Waals surface area contributed by atoms with Crippen LogP contribution in [0.2, 0.25) is 5.02 Å². The number of nitrogens with zero attached hydrogens (tertiary/aromatic N) is 4. The summed E-state index contributed by atoms with van der Waals surface area (Å²) in [5.41, 5.74) is -2.76. The van der Waals surface area contributed by atoms with Crippen molar-refractivity contribution >= 4 is 23.4 Å². The Labute approximate surface area is 193 Å². The van der Waals surface area contributed by atoms with Gasteiger partial charge in [0.2, 0.25) is 5.95 Å². The Morgan fingerprint density at radius 2 is 2.00 bits per heavy atom. The van der Waals surface area contributed by atoms with Crippen LogP contribution in [-0.2, 0) is 11.3 Å². The van der Waals surface area contributed by atoms with Gasteiger partial charge < -0.3 is 24.4 Å². The zero-order chi connectivity index (χ0) is 24.0. The Bertz CT molecular complexity index is 1090. The lowest BCUT2D eigenvalue weighted by Gasteiger charge is -2.38. The molecular formula is C21H24ClF3N4O4. The zero-order valence-electron chi connectivity index (χ0n) is 18.1. The summed E-state index contributed by atoms with van der Waals surface area (Å²) >= 11 is 5.97. The van der Waals surface area contributed by atoms with Crippen molar-refractivity contribution in [2.24, 2.45) is 0 Å². The molecule has 2 aliphatic heterocycles. The Balaban J connectivity index is 1.76. The van der Waals surface area contributed by atoms with Crippen molar-refractivity contribution in [1.29, 1.82) is 0 Å². The van der Waals surface area contributed by atoms with Crippen LogP contribution >= 0.6 is 11.6 Å². The molecule has 2 unspecified atom stereocenters. The largest absolute Gasteiger partial charge is 0.496 e. The smallest absolute Gasteiger partial charge is 0.413 e. The zero-order valence-corrected chi connectivity index (χ0v) is 18.9. The minimum absolute atomic E-state index is 0.143. The number of aromatic nitrogens is 2. The second-order valence-electron chi connectivity index (χ2n) is 8.22. The second kappa shape index (κ2) is 8.69. The minimum atomic E-state index is -4.70. The van der Waals surface area contributed by atoms with Crippen molar-refractivity contribution in [3.8, 4) is 5.75 Å². The number of morpholine rings is 1. The van der Waals surface area contributed by atoms with Crippen LogP contribution in [0, 0.1) is 0 Å². The van der Waals surface area contributed by atoms with Crippen LogP contribution in [0.4, 0.5) is 24.9 Å². The van der Waals surface area contributed by atoms with Gasteiger partial charge in [0.15, 0.2) is 5.54 Å². The SMILES string of the molecule is COc1cc(Cl)ccc1C(O)CN1c2nc(N3CCOCC3)cc(=O)n2CC1(C)C(F)(F)F. The number of hydrogen-bond acceptors (Lipinski definition) is 7. The maximum Gasteiger partial charge on any atom is 0.413 e. The molecule has 4 rings (SSSR count). The number of hydrogen-bond donors (Lipinski definition) is 1. The third-order valence-corrected chi connectivity index (χ3v) is 6.37. The molecular weight excluding hydrogens is 465 g/mol. The first-order chi connectivity index (χ1) is 15.5. The Morgan fingerprint density at radius 3 is 2.64 bits per heavy atom. The van der Waals surface area contributed by atoms with Gasteiger partial charge in [-0.15, -0.1) is 0 Å². The lowest BCUT2D eigenvalue weighted by atomic mass is 9.99. The lowest BCUT2D eigenvalue weighted by molar-refractivity contribution is -0.183. The molecule has 1 saturated heterocycles. The van der Waals surface area contributed by atoms with E-state index in [0.29, 0.717) is 31.3 Å². The van der Waals surface area contributed by atoms with E-state index < -0.39 is 36.5 Å². The van der Waals surface area contributed by atoms with Crippen molar-refractivity contribution in [2.75, 3.05) is 49.8 Å². The Kier molecular flexibility index (Phi) is 6.23. The van der Waals surface area contributed by atoms with E-state index in [9.17, 15) is 23.1 Å². The molecule has 1 fully saturated rings. The van der Waals surface area contributed by atoms with Crippen LogP contribution in [0.3, 0.4) is 0 Å². The number of rotatable bonds is 5. The highest BCUT2D eigenvalue weighted by Crippen LogP contribution is 2.44. The van der Waals surface area contributed by atoms with Gasteiger partial charge in [0.05, 0.1) is 33.4 Å². The summed E-state index contributed by atoms with van der Waals surface area (Å²) in [6, 6.07) is 5.73. The van der Waals surface area contributed by atoms with Gasteiger partial charge in [-0.3, -0.25) is 9.36 Å². The molecule has 1 aromatic carbocycles. The van der Waals surface area contributed by atoms with Crippen molar-refractivity contribution in [2.45, 2.75) is 31.3 Å². The van der Waals surface area contributed by atoms with E-state index in [-0.39, 0.29) is 23.1 Å². The normalized spacial score (nSPS) is 21.8. The molecule has 0 radical (unpaired) electrons. The van der Waals surface area contributed by atoms with Crippen LogP contribution < -0.4 is 20.1 Å². The van der Waals surface area contributed by atoms with Gasteiger partial charge in [-0.25, -0.2) is 0 Å². The molecule has 0 bridgehead atoms. The summed E-state index contributed by atoms with van der Waals surface area (Å²) in [5, 5.41) is 11.3. The topological polar surface area (TPSA) is 80.1 Å². The van der Waals surface area contributed by atoms with Gasteiger partial charge in [0, 0.05) is 29.7 Å². The number of β-amino-alcohol motifs (C(OH)–C–C–N with tert-alkyl or cyclic N) is 1. The summed E-state index contributed by atoms with van der Waals surface area (Å²) < 4.78 is 54.3.